The molecular formula is C44H49F7N6O6. The van der Waals surface area contributed by atoms with Gasteiger partial charge in [0.05, 0.1) is 51.0 Å². The van der Waals surface area contributed by atoms with E-state index in [-0.39, 0.29) is 58.4 Å². The van der Waals surface area contributed by atoms with Crippen LogP contribution in [0.3, 0.4) is 0 Å². The topological polar surface area (TPSA) is 186 Å². The molecule has 2 saturated heterocycles. The first-order valence-corrected chi connectivity index (χ1v) is 21.0. The number of hydrogen-bond donors (Lipinski definition) is 5. The van der Waals surface area contributed by atoms with Crippen molar-refractivity contribution in [2.24, 2.45) is 22.7 Å². The van der Waals surface area contributed by atoms with Crippen molar-refractivity contribution in [1.82, 2.24) is 14.5 Å². The molecule has 12 nitrogen and oxygen atoms in total. The summed E-state index contributed by atoms with van der Waals surface area (Å²) in [6.07, 6.45) is 2.57. The second-order valence-corrected chi connectivity index (χ2v) is 18.7. The SMILES string of the molecule is CC1(C2CNCC2F)CC1.Cc1c(F)c(F)c(N)c2c(=O)c(C(=O)O)cn(C3CC3F)c12.Cc1c(N2CC(F)C(C3(C)CC3)C2)c(F)c(N)c2c(=O)c(C(=O)O)cn(C3CC3F)c12. The average Bonchev–Trinajstić information content (AvgIpc) is 4.19. The minimum atomic E-state index is -1.54. The zero-order chi connectivity index (χ0) is 45.9. The van der Waals surface area contributed by atoms with Gasteiger partial charge in [0.2, 0.25) is 10.9 Å². The summed E-state index contributed by atoms with van der Waals surface area (Å²) >= 11 is 0. The Hall–Kier alpha value is -5.33. The summed E-state index contributed by atoms with van der Waals surface area (Å²) in [6, 6.07) is -1.37. The van der Waals surface area contributed by atoms with Gasteiger partial charge in [-0.1, -0.05) is 13.8 Å². The third-order valence-corrected chi connectivity index (χ3v) is 14.4. The molecule has 10 rings (SSSR count). The number of carbonyl (C=O) groups is 2. The Morgan fingerprint density at radius 1 is 0.667 bits per heavy atom. The molecule has 0 spiro atoms. The molecule has 6 aliphatic rings. The molecule has 4 aromatic rings. The zero-order valence-corrected chi connectivity index (χ0v) is 35.0. The van der Waals surface area contributed by atoms with Crippen LogP contribution in [0.15, 0.2) is 22.0 Å². The first kappa shape index (κ1) is 44.3. The number of nitrogens with zero attached hydrogens (tertiary/aromatic N) is 3. The monoisotopic (exact) mass is 890 g/mol. The normalized spacial score (nSPS) is 28.3. The number of nitrogen functional groups attached to an aromatic ring is 2. The molecule has 4 heterocycles. The summed E-state index contributed by atoms with van der Waals surface area (Å²) in [5.74, 6) is -6.46. The number of aromatic nitrogens is 2. The van der Waals surface area contributed by atoms with E-state index in [0.717, 1.165) is 31.8 Å². The number of halogens is 7. The van der Waals surface area contributed by atoms with Gasteiger partial charge >= 0.3 is 11.9 Å². The molecule has 6 fully saturated rings. The van der Waals surface area contributed by atoms with Gasteiger partial charge in [-0.3, -0.25) is 9.59 Å². The average molecular weight is 891 g/mol. The lowest BCUT2D eigenvalue weighted by Crippen LogP contribution is -2.26. The molecule has 4 aliphatic carbocycles. The molecule has 0 amide bonds. The Morgan fingerprint density at radius 3 is 1.52 bits per heavy atom. The van der Waals surface area contributed by atoms with E-state index in [1.54, 1.807) is 11.8 Å². The Bertz CT molecular complexity index is 2720. The third-order valence-electron chi connectivity index (χ3n) is 14.4. The summed E-state index contributed by atoms with van der Waals surface area (Å²) in [7, 11) is 0. The van der Waals surface area contributed by atoms with Crippen LogP contribution in [-0.2, 0) is 0 Å². The van der Waals surface area contributed by atoms with Crippen molar-refractivity contribution < 1.29 is 50.5 Å². The number of aryl methyl sites for hydroxylation is 2. The van der Waals surface area contributed by atoms with Crippen LogP contribution in [0.25, 0.3) is 21.8 Å². The summed E-state index contributed by atoms with van der Waals surface area (Å²) in [6.45, 7) is 8.88. The molecule has 340 valence electrons. The highest BCUT2D eigenvalue weighted by Crippen LogP contribution is 2.56. The molecule has 19 heteroatoms. The van der Waals surface area contributed by atoms with E-state index >= 15 is 4.39 Å². The summed E-state index contributed by atoms with van der Waals surface area (Å²) < 4.78 is 101. The maximum atomic E-state index is 15.5. The van der Waals surface area contributed by atoms with Crippen LogP contribution >= 0.6 is 0 Å². The summed E-state index contributed by atoms with van der Waals surface area (Å²) in [4.78, 5) is 49.4. The Balaban J connectivity index is 0.000000147. The van der Waals surface area contributed by atoms with Crippen LogP contribution in [-0.4, -0.2) is 82.2 Å². The number of fused-ring (bicyclic) bond motifs is 2. The van der Waals surface area contributed by atoms with Crippen molar-refractivity contribution >= 4 is 50.8 Å². The maximum absolute atomic E-state index is 15.5. The van der Waals surface area contributed by atoms with Crippen molar-refractivity contribution in [2.45, 2.75) is 103 Å². The van der Waals surface area contributed by atoms with Crippen LogP contribution in [0.4, 0.5) is 47.8 Å². The lowest BCUT2D eigenvalue weighted by atomic mass is 9.89. The number of hydrogen-bond acceptors (Lipinski definition) is 8. The Kier molecular flexibility index (Phi) is 10.8. The van der Waals surface area contributed by atoms with Crippen LogP contribution in [0, 0.1) is 54.0 Å². The van der Waals surface area contributed by atoms with Gasteiger partial charge in [0.25, 0.3) is 0 Å². The number of pyridine rings is 2. The molecule has 7 N–H and O–H groups in total. The molecule has 2 aliphatic heterocycles. The molecule has 8 unspecified atom stereocenters. The van der Waals surface area contributed by atoms with Gasteiger partial charge in [-0.2, -0.15) is 0 Å². The standard InChI is InChI=1S/C22H24F3N3O3.C14H11F3N2O3.C8H14FN/c1-9-18-15(20(29)10(21(30)31)6-28(18)14-5-12(14)23)17(26)16(25)19(9)27-7-11(13(24)8-27)22(2)3-4-22;1-4-9(16)10(17)11(18)8-12(4)19(7-2-6(7)15)3-5(13(8)20)14(21)22;1-8(2-3-8)6-4-10-5-7(6)9/h6,11-14H,3-5,7-8,26H2,1-2H3,(H,30,31);3,6-7H,2,18H2,1H3,(H,21,22);6-7,10H,2-5H2,1H3. The van der Waals surface area contributed by atoms with Gasteiger partial charge in [0, 0.05) is 68.8 Å². The number of carboxylic acids is 2. The Labute approximate surface area is 356 Å². The molecule has 4 saturated carbocycles. The number of carboxylic acid groups (broad SMARTS) is 2. The maximum Gasteiger partial charge on any atom is 0.341 e. The van der Waals surface area contributed by atoms with Crippen LogP contribution < -0.4 is 32.5 Å². The van der Waals surface area contributed by atoms with Gasteiger partial charge in [0.1, 0.15) is 35.8 Å². The van der Waals surface area contributed by atoms with E-state index in [1.807, 2.05) is 6.92 Å². The fourth-order valence-electron chi connectivity index (χ4n) is 9.69. The minimum Gasteiger partial charge on any atom is -0.477 e. The lowest BCUT2D eigenvalue weighted by molar-refractivity contribution is 0.0684. The van der Waals surface area contributed by atoms with E-state index in [4.69, 9.17) is 16.6 Å². The van der Waals surface area contributed by atoms with Crippen molar-refractivity contribution in [2.75, 3.05) is 42.5 Å². The van der Waals surface area contributed by atoms with E-state index in [2.05, 4.69) is 12.2 Å². The highest BCUT2D eigenvalue weighted by atomic mass is 19.2. The van der Waals surface area contributed by atoms with Crippen molar-refractivity contribution in [1.29, 1.82) is 0 Å². The minimum absolute atomic E-state index is 0.00949. The smallest absolute Gasteiger partial charge is 0.341 e. The second kappa shape index (κ2) is 15.4. The van der Waals surface area contributed by atoms with Gasteiger partial charge in [-0.25, -0.2) is 40.3 Å². The number of anilines is 3. The molecule has 2 aromatic heterocycles. The first-order chi connectivity index (χ1) is 29.5. The zero-order valence-electron chi connectivity index (χ0n) is 35.0. The number of nitrogens with two attached hydrogens (primary N) is 2. The van der Waals surface area contributed by atoms with Crippen molar-refractivity contribution in [3.05, 3.63) is 72.5 Å². The molecule has 63 heavy (non-hydrogen) atoms. The molecule has 2 aromatic carbocycles. The predicted molar refractivity (Wildman–Crippen MR) is 222 cm³/mol. The highest BCUT2D eigenvalue weighted by Gasteiger charge is 2.53. The molecule has 0 radical (unpaired) electrons. The first-order valence-electron chi connectivity index (χ1n) is 21.0. The summed E-state index contributed by atoms with van der Waals surface area (Å²) in [5, 5.41) is 20.9. The third kappa shape index (κ3) is 7.46. The van der Waals surface area contributed by atoms with Crippen molar-refractivity contribution in [3.8, 4) is 0 Å². The number of aromatic carboxylic acids is 2. The second-order valence-electron chi connectivity index (χ2n) is 18.7. The van der Waals surface area contributed by atoms with Gasteiger partial charge in [-0.15, -0.1) is 0 Å². The van der Waals surface area contributed by atoms with Gasteiger partial charge in [0.15, 0.2) is 17.5 Å². The van der Waals surface area contributed by atoms with E-state index in [1.165, 1.54) is 28.9 Å². The number of rotatable bonds is 7. The predicted octanol–water partition coefficient (Wildman–Crippen LogP) is 7.08. The Morgan fingerprint density at radius 2 is 1.11 bits per heavy atom. The van der Waals surface area contributed by atoms with Gasteiger partial charge in [-0.05, 0) is 55.9 Å². The number of nitrogens with one attached hydrogen (secondary N) is 1. The molecule has 8 atom stereocenters. The summed E-state index contributed by atoms with van der Waals surface area (Å²) in [5.41, 5.74) is 7.71. The number of benzene rings is 2. The van der Waals surface area contributed by atoms with Gasteiger partial charge < -0.3 is 41.0 Å². The fourth-order valence-corrected chi connectivity index (χ4v) is 9.69. The lowest BCUT2D eigenvalue weighted by Gasteiger charge is -2.26. The highest BCUT2D eigenvalue weighted by molar-refractivity contribution is 6.02. The van der Waals surface area contributed by atoms with E-state index in [9.17, 15) is 50.6 Å². The van der Waals surface area contributed by atoms with Crippen LogP contribution in [0.1, 0.15) is 96.3 Å². The van der Waals surface area contributed by atoms with Crippen LogP contribution in [0.5, 0.6) is 0 Å². The fraction of sp³-hybridized carbons (Fsp3) is 0.545. The van der Waals surface area contributed by atoms with Crippen LogP contribution in [0.2, 0.25) is 0 Å². The quantitative estimate of drug-likeness (QED) is 0.0949. The van der Waals surface area contributed by atoms with Crippen molar-refractivity contribution in [3.63, 3.8) is 0 Å². The number of alkyl halides is 4. The van der Waals surface area contributed by atoms with E-state index < -0.39 is 105 Å². The van der Waals surface area contributed by atoms with E-state index in [0.29, 0.717) is 30.0 Å². The molecular weight excluding hydrogens is 842 g/mol. The molecule has 0 bridgehead atoms. The largest absolute Gasteiger partial charge is 0.477 e.